The Bertz CT molecular complexity index is 1720. The molecule has 2 aromatic rings. The first kappa shape index (κ1) is 91.9. The number of allylic oxidation sites excluding steroid dienone is 2. The van der Waals surface area contributed by atoms with E-state index in [4.69, 9.17) is 5.53 Å². The molecule has 2 rings (SSSR count). The average molecular weight is 1320 g/mol. The smallest absolute Gasteiger partial charge is 0.348 e. The summed E-state index contributed by atoms with van der Waals surface area (Å²) < 4.78 is 0. The Kier molecular flexibility index (Phi) is 79.4. The van der Waals surface area contributed by atoms with E-state index in [9.17, 15) is 0 Å². The zero-order chi connectivity index (χ0) is 65.9. The fraction of sp³-hybridized carbons (Fsp3) is 0.798. The first-order valence-electron chi connectivity index (χ1n) is 41.4. The van der Waals surface area contributed by atoms with Gasteiger partial charge in [-0.2, -0.15) is 12.8 Å². The number of benzene rings is 2. The molecule has 0 bridgehead atoms. The number of nitrogens with zero attached hydrogens (tertiary/aromatic N) is 2. The van der Waals surface area contributed by atoms with Crippen molar-refractivity contribution in [3.8, 4) is 0 Å². The molecule has 0 aliphatic heterocycles. The molecule has 0 aliphatic carbocycles. The van der Waals surface area contributed by atoms with Gasteiger partial charge in [0.2, 0.25) is 0 Å². The van der Waals surface area contributed by atoms with Crippen molar-refractivity contribution < 1.29 is 21.3 Å². The van der Waals surface area contributed by atoms with Crippen molar-refractivity contribution in [3.05, 3.63) is 102 Å². The van der Waals surface area contributed by atoms with Crippen LogP contribution < -0.4 is 0 Å². The van der Waals surface area contributed by atoms with E-state index < -0.39 is 0 Å². The van der Waals surface area contributed by atoms with E-state index in [-0.39, 0.29) is 16.5 Å². The largest absolute Gasteiger partial charge is 2.00 e. The molecule has 0 fully saturated rings. The van der Waals surface area contributed by atoms with Gasteiger partial charge in [-0.1, -0.05) is 467 Å². The van der Waals surface area contributed by atoms with Crippen molar-refractivity contribution in [3.63, 3.8) is 0 Å². The Morgan fingerprint density at radius 2 is 0.598 bits per heavy atom. The zero-order valence-electron chi connectivity index (χ0n) is 63.0. The van der Waals surface area contributed by atoms with Crippen LogP contribution in [0, 0.1) is 20.8 Å². The van der Waals surface area contributed by atoms with Crippen LogP contribution in [0.25, 0.3) is 11.1 Å². The van der Waals surface area contributed by atoms with Crippen molar-refractivity contribution in [1.29, 1.82) is 0 Å². The number of hydrogen-bond donors (Lipinski definition) is 0. The van der Waals surface area contributed by atoms with Gasteiger partial charge < -0.3 is 19.4 Å². The van der Waals surface area contributed by atoms with Gasteiger partial charge >= 0.3 is 16.5 Å². The number of hydrogen-bond acceptors (Lipinski definition) is 0. The SMILES string of the molecule is CCCCCCCCc1cccc(C(=C(C=C=[N+]=[N-])CCCC)c2ccc(C)cc2)c1.[CH2-]CCCCCCCCCCCCCCCCCCCCCCCCCCCCC.[CH2-]CCCCCCCCCCCCCCCCCCCCCCCCCCCCC.[Ni+2]. The Balaban J connectivity index is 0. The van der Waals surface area contributed by atoms with Crippen LogP contribution in [0.1, 0.15) is 467 Å². The molecule has 0 atom stereocenters. The third-order valence-corrected chi connectivity index (χ3v) is 19.5. The van der Waals surface area contributed by atoms with Crippen LogP contribution in [0.4, 0.5) is 0 Å². The number of unbranched alkanes of at least 4 members (excludes halogenated alkanes) is 60. The number of aryl methyl sites for hydroxylation is 2. The molecule has 0 amide bonds. The summed E-state index contributed by atoms with van der Waals surface area (Å²) in [4.78, 5) is 3.12. The van der Waals surface area contributed by atoms with Gasteiger partial charge in [0.1, 0.15) is 0 Å². The van der Waals surface area contributed by atoms with Gasteiger partial charge in [0.15, 0.2) is 0 Å². The standard InChI is InChI=1S/2C30H61.C29H38N2.Ni/c2*1-3-5-7-9-11-13-15-17-19-21-23-25-27-29-30-28-26-24-22-20-18-16-14-12-10-8-6-4-2;1-4-6-8-9-10-11-13-25-14-12-16-28(23-25)29(27-19-17-24(3)18-20-27)26(15-7-5-2)21-22-31-30;/h2*1,3-30H2,2H3;12,14,16-21,23H,4-11,13,15H2,1-3H3;/q2*-1;;+2. The Labute approximate surface area is 589 Å². The second-order valence-electron chi connectivity index (χ2n) is 28.6. The summed E-state index contributed by atoms with van der Waals surface area (Å²) >= 11 is 0. The molecule has 3 heteroatoms. The van der Waals surface area contributed by atoms with Crippen LogP contribution in [0.2, 0.25) is 0 Å². The van der Waals surface area contributed by atoms with E-state index in [0.29, 0.717) is 0 Å². The first-order chi connectivity index (χ1) is 45.0. The molecule has 536 valence electrons. The molecular weight excluding hydrogens is 1160 g/mol. The van der Waals surface area contributed by atoms with Gasteiger partial charge in [0, 0.05) is 0 Å². The fourth-order valence-electron chi connectivity index (χ4n) is 13.3. The van der Waals surface area contributed by atoms with Crippen molar-refractivity contribution >= 4 is 11.4 Å². The van der Waals surface area contributed by atoms with E-state index >= 15 is 0 Å². The summed E-state index contributed by atoms with van der Waals surface area (Å²) in [6.45, 7) is 19.0. The molecule has 0 saturated carbocycles. The van der Waals surface area contributed by atoms with E-state index in [1.807, 2.05) is 6.08 Å². The minimum Gasteiger partial charge on any atom is -0.348 e. The van der Waals surface area contributed by atoms with Crippen molar-refractivity contribution in [2.24, 2.45) is 0 Å². The molecular formula is C89H160N2Ni. The van der Waals surface area contributed by atoms with Crippen LogP contribution in [0.3, 0.4) is 0 Å². The molecule has 2 aromatic carbocycles. The third kappa shape index (κ3) is 66.4. The van der Waals surface area contributed by atoms with E-state index in [1.54, 1.807) is 0 Å². The summed E-state index contributed by atoms with van der Waals surface area (Å²) in [5.41, 5.74) is 16.4. The van der Waals surface area contributed by atoms with Crippen LogP contribution in [0.5, 0.6) is 0 Å². The van der Waals surface area contributed by atoms with Gasteiger partial charge in [0.25, 0.3) is 5.87 Å². The molecule has 0 aliphatic rings. The minimum atomic E-state index is 0. The molecule has 2 nitrogen and oxygen atoms in total. The van der Waals surface area contributed by atoms with Crippen LogP contribution >= 0.6 is 0 Å². The van der Waals surface area contributed by atoms with Gasteiger partial charge in [-0.25, -0.2) is 0 Å². The average Bonchev–Trinajstić information content (AvgIpc) is 1.96. The Morgan fingerprint density at radius 3 is 0.859 bits per heavy atom. The third-order valence-electron chi connectivity index (χ3n) is 19.5. The number of rotatable bonds is 67. The van der Waals surface area contributed by atoms with E-state index in [2.05, 4.69) is 108 Å². The summed E-state index contributed by atoms with van der Waals surface area (Å²) in [5.74, 6) is 2.66. The second-order valence-corrected chi connectivity index (χ2v) is 28.6. The molecule has 0 spiro atoms. The molecule has 0 saturated heterocycles. The van der Waals surface area contributed by atoms with Crippen LogP contribution in [-0.4, -0.2) is 10.7 Å². The van der Waals surface area contributed by atoms with Gasteiger partial charge in [-0.05, 0) is 60.4 Å². The van der Waals surface area contributed by atoms with E-state index in [1.165, 1.54) is 419 Å². The van der Waals surface area contributed by atoms with Gasteiger partial charge in [-0.3, -0.25) is 0 Å². The maximum atomic E-state index is 8.98. The molecule has 0 unspecified atom stereocenters. The molecule has 0 N–H and O–H groups in total. The van der Waals surface area contributed by atoms with Crippen LogP contribution in [0.15, 0.2) is 60.2 Å². The van der Waals surface area contributed by atoms with Crippen molar-refractivity contribution in [2.45, 2.75) is 458 Å². The summed E-state index contributed by atoms with van der Waals surface area (Å²) in [5, 5.41) is 0. The maximum Gasteiger partial charge on any atom is 2.00 e. The quantitative estimate of drug-likeness (QED) is 0.0120. The first-order valence-corrected chi connectivity index (χ1v) is 41.4. The normalized spacial score (nSPS) is 11.3. The zero-order valence-corrected chi connectivity index (χ0v) is 64.0. The van der Waals surface area contributed by atoms with Gasteiger partial charge in [-0.15, -0.1) is 4.79 Å². The van der Waals surface area contributed by atoms with E-state index in [0.717, 1.165) is 38.5 Å². The monoisotopic (exact) mass is 1320 g/mol. The summed E-state index contributed by atoms with van der Waals surface area (Å²) in [7, 11) is 0. The van der Waals surface area contributed by atoms with Crippen molar-refractivity contribution in [2.75, 3.05) is 0 Å². The van der Waals surface area contributed by atoms with Gasteiger partial charge in [0.05, 0.1) is 6.08 Å². The minimum absolute atomic E-state index is 0. The van der Waals surface area contributed by atoms with Crippen molar-refractivity contribution in [1.82, 2.24) is 0 Å². The molecule has 0 radical (unpaired) electrons. The Hall–Kier alpha value is -2.17. The molecule has 0 heterocycles. The summed E-state index contributed by atoms with van der Waals surface area (Å²) in [6, 6.07) is 17.7. The molecule has 92 heavy (non-hydrogen) atoms. The topological polar surface area (TPSA) is 36.4 Å². The second kappa shape index (κ2) is 79.5. The predicted molar refractivity (Wildman–Crippen MR) is 414 cm³/mol. The van der Waals surface area contributed by atoms with Crippen LogP contribution in [-0.2, 0) is 22.9 Å². The predicted octanol–water partition coefficient (Wildman–Crippen LogP) is 31.9. The fourth-order valence-corrected chi connectivity index (χ4v) is 13.3. The molecule has 0 aromatic heterocycles. The summed E-state index contributed by atoms with van der Waals surface area (Å²) in [6.07, 6.45) is 95.6. The Morgan fingerprint density at radius 1 is 0.337 bits per heavy atom. The maximum absolute atomic E-state index is 8.98.